The molecule has 2 fully saturated rings. The van der Waals surface area contributed by atoms with Crippen molar-refractivity contribution in [3.05, 3.63) is 30.5 Å². The van der Waals surface area contributed by atoms with E-state index >= 15 is 0 Å². The molecule has 0 radical (unpaired) electrons. The van der Waals surface area contributed by atoms with Crippen molar-refractivity contribution in [1.82, 2.24) is 24.2 Å². The zero-order chi connectivity index (χ0) is 16.5. The summed E-state index contributed by atoms with van der Waals surface area (Å²) in [6.45, 7) is 7.25. The number of ether oxygens (including phenoxy) is 1. The molecule has 2 aliphatic heterocycles. The first kappa shape index (κ1) is 15.5. The van der Waals surface area contributed by atoms with Gasteiger partial charge in [0.2, 0.25) is 0 Å². The van der Waals surface area contributed by atoms with Crippen molar-refractivity contribution in [3.8, 4) is 0 Å². The van der Waals surface area contributed by atoms with Crippen LogP contribution in [0.2, 0.25) is 0 Å². The minimum absolute atomic E-state index is 0.0130. The number of morpholine rings is 1. The molecule has 4 rings (SSSR count). The van der Waals surface area contributed by atoms with E-state index in [1.54, 1.807) is 12.4 Å². The van der Waals surface area contributed by atoms with Crippen LogP contribution in [0, 0.1) is 5.92 Å². The summed E-state index contributed by atoms with van der Waals surface area (Å²) < 4.78 is 7.31. The Balaban J connectivity index is 1.56. The Morgan fingerprint density at radius 3 is 2.71 bits per heavy atom. The molecule has 2 aromatic rings. The maximum absolute atomic E-state index is 13.0. The summed E-state index contributed by atoms with van der Waals surface area (Å²) in [7, 11) is 0. The fourth-order valence-electron chi connectivity index (χ4n) is 3.90. The highest BCUT2D eigenvalue weighted by Gasteiger charge is 2.39. The Hall–Kier alpha value is -1.99. The molecule has 2 saturated heterocycles. The summed E-state index contributed by atoms with van der Waals surface area (Å²) in [6, 6.07) is 0.419. The van der Waals surface area contributed by atoms with Crippen LogP contribution in [-0.2, 0) is 4.74 Å². The SMILES string of the molecule is CCC1CN(C(=O)c2nccn3ccnc23)CC1N1CCOCC1. The monoisotopic (exact) mass is 329 g/mol. The van der Waals surface area contributed by atoms with Crippen molar-refractivity contribution in [2.75, 3.05) is 39.4 Å². The van der Waals surface area contributed by atoms with Crippen LogP contribution in [0.3, 0.4) is 0 Å². The highest BCUT2D eigenvalue weighted by atomic mass is 16.5. The lowest BCUT2D eigenvalue weighted by Crippen LogP contribution is -2.47. The lowest BCUT2D eigenvalue weighted by molar-refractivity contribution is 0.0102. The first-order valence-corrected chi connectivity index (χ1v) is 8.66. The zero-order valence-corrected chi connectivity index (χ0v) is 14.0. The van der Waals surface area contributed by atoms with Crippen molar-refractivity contribution in [2.45, 2.75) is 19.4 Å². The van der Waals surface area contributed by atoms with E-state index in [9.17, 15) is 4.79 Å². The van der Waals surface area contributed by atoms with Crippen LogP contribution >= 0.6 is 0 Å². The second-order valence-corrected chi connectivity index (χ2v) is 6.53. The van der Waals surface area contributed by atoms with Crippen LogP contribution < -0.4 is 0 Å². The molecule has 7 heteroatoms. The molecule has 2 atom stereocenters. The fourth-order valence-corrected chi connectivity index (χ4v) is 3.90. The van der Waals surface area contributed by atoms with Gasteiger partial charge in [0.05, 0.1) is 13.2 Å². The smallest absolute Gasteiger partial charge is 0.276 e. The molecule has 1 amide bonds. The van der Waals surface area contributed by atoms with E-state index in [4.69, 9.17) is 4.74 Å². The number of amides is 1. The predicted molar refractivity (Wildman–Crippen MR) is 88.9 cm³/mol. The van der Waals surface area contributed by atoms with Gasteiger partial charge in [0.25, 0.3) is 5.91 Å². The van der Waals surface area contributed by atoms with E-state index in [1.807, 2.05) is 21.7 Å². The van der Waals surface area contributed by atoms with Gasteiger partial charge >= 0.3 is 0 Å². The third-order valence-corrected chi connectivity index (χ3v) is 5.25. The van der Waals surface area contributed by atoms with E-state index in [0.717, 1.165) is 45.8 Å². The second-order valence-electron chi connectivity index (χ2n) is 6.53. The summed E-state index contributed by atoms with van der Waals surface area (Å²) >= 11 is 0. The Morgan fingerprint density at radius 2 is 1.96 bits per heavy atom. The normalized spacial score (nSPS) is 25.5. The molecule has 0 bridgehead atoms. The van der Waals surface area contributed by atoms with E-state index in [1.165, 1.54) is 0 Å². The molecule has 0 saturated carbocycles. The van der Waals surface area contributed by atoms with E-state index < -0.39 is 0 Å². The number of hydrogen-bond donors (Lipinski definition) is 0. The van der Waals surface area contributed by atoms with Crippen LogP contribution in [0.25, 0.3) is 5.65 Å². The molecule has 0 aromatic carbocycles. The van der Waals surface area contributed by atoms with Crippen molar-refractivity contribution >= 4 is 11.6 Å². The van der Waals surface area contributed by atoms with Crippen LogP contribution in [0.4, 0.5) is 0 Å². The first-order valence-electron chi connectivity index (χ1n) is 8.66. The lowest BCUT2D eigenvalue weighted by atomic mass is 9.99. The number of hydrogen-bond acceptors (Lipinski definition) is 5. The zero-order valence-electron chi connectivity index (χ0n) is 14.0. The van der Waals surface area contributed by atoms with Crippen molar-refractivity contribution in [3.63, 3.8) is 0 Å². The van der Waals surface area contributed by atoms with E-state index in [-0.39, 0.29) is 5.91 Å². The Kier molecular flexibility index (Phi) is 4.20. The van der Waals surface area contributed by atoms with Crippen molar-refractivity contribution in [2.24, 2.45) is 5.92 Å². The van der Waals surface area contributed by atoms with Crippen LogP contribution in [0.15, 0.2) is 24.8 Å². The summed E-state index contributed by atoms with van der Waals surface area (Å²) in [5, 5.41) is 0. The average Bonchev–Trinajstić information content (AvgIpc) is 3.28. The highest BCUT2D eigenvalue weighted by Crippen LogP contribution is 2.27. The molecule has 0 spiro atoms. The van der Waals surface area contributed by atoms with Crippen LogP contribution in [-0.4, -0.2) is 75.5 Å². The van der Waals surface area contributed by atoms with Gasteiger partial charge in [0.15, 0.2) is 11.3 Å². The molecule has 0 aliphatic carbocycles. The van der Waals surface area contributed by atoms with Crippen LogP contribution in [0.5, 0.6) is 0 Å². The summed E-state index contributed by atoms with van der Waals surface area (Å²) in [6.07, 6.45) is 8.09. The minimum atomic E-state index is -0.0130. The van der Waals surface area contributed by atoms with Gasteiger partial charge in [-0.25, -0.2) is 9.97 Å². The summed E-state index contributed by atoms with van der Waals surface area (Å²) in [5.41, 5.74) is 1.07. The lowest BCUT2D eigenvalue weighted by Gasteiger charge is -2.34. The van der Waals surface area contributed by atoms with E-state index in [2.05, 4.69) is 21.8 Å². The molecule has 24 heavy (non-hydrogen) atoms. The third kappa shape index (κ3) is 2.67. The Labute approximate surface area is 141 Å². The number of imidazole rings is 1. The van der Waals surface area contributed by atoms with Crippen molar-refractivity contribution < 1.29 is 9.53 Å². The maximum atomic E-state index is 13.0. The first-order chi connectivity index (χ1) is 11.8. The second kappa shape index (κ2) is 6.49. The molecular formula is C17H23N5O2. The standard InChI is InChI=1S/C17H23N5O2/c1-2-13-11-22(12-14(13)20-7-9-24-10-8-20)17(23)15-16-19-4-6-21(16)5-3-18-15/h3-6,13-14H,2,7-12H2,1H3. The van der Waals surface area contributed by atoms with Gasteiger partial charge < -0.3 is 14.0 Å². The average molecular weight is 329 g/mol. The van der Waals surface area contributed by atoms with Crippen LogP contribution in [0.1, 0.15) is 23.8 Å². The molecule has 128 valence electrons. The van der Waals surface area contributed by atoms with E-state index in [0.29, 0.717) is 23.3 Å². The van der Waals surface area contributed by atoms with Gasteiger partial charge in [-0.05, 0) is 5.92 Å². The highest BCUT2D eigenvalue weighted by molar-refractivity contribution is 5.97. The number of aromatic nitrogens is 3. The third-order valence-electron chi connectivity index (χ3n) is 5.25. The number of carbonyl (C=O) groups excluding carboxylic acids is 1. The Morgan fingerprint density at radius 1 is 1.21 bits per heavy atom. The topological polar surface area (TPSA) is 63.0 Å². The van der Waals surface area contributed by atoms with Gasteiger partial charge in [-0.2, -0.15) is 0 Å². The summed E-state index contributed by atoms with van der Waals surface area (Å²) in [4.78, 5) is 26.0. The number of carbonyl (C=O) groups is 1. The molecule has 4 heterocycles. The molecule has 2 aromatic heterocycles. The number of rotatable bonds is 3. The number of nitrogens with zero attached hydrogens (tertiary/aromatic N) is 5. The predicted octanol–water partition coefficient (Wildman–Crippen LogP) is 0.912. The van der Waals surface area contributed by atoms with Gasteiger partial charge in [-0.3, -0.25) is 9.69 Å². The maximum Gasteiger partial charge on any atom is 0.276 e. The fraction of sp³-hybridized carbons (Fsp3) is 0.588. The molecule has 0 N–H and O–H groups in total. The van der Waals surface area contributed by atoms with Gasteiger partial charge in [-0.15, -0.1) is 0 Å². The quantitative estimate of drug-likeness (QED) is 0.838. The molecule has 2 unspecified atom stereocenters. The largest absolute Gasteiger partial charge is 0.379 e. The minimum Gasteiger partial charge on any atom is -0.379 e. The Bertz CT molecular complexity index is 725. The molecule has 7 nitrogen and oxygen atoms in total. The van der Waals surface area contributed by atoms with Gasteiger partial charge in [0.1, 0.15) is 0 Å². The van der Waals surface area contributed by atoms with Gasteiger partial charge in [-0.1, -0.05) is 13.3 Å². The van der Waals surface area contributed by atoms with Crippen molar-refractivity contribution in [1.29, 1.82) is 0 Å². The molecular weight excluding hydrogens is 306 g/mol. The van der Waals surface area contributed by atoms with Gasteiger partial charge in [0, 0.05) is 57.0 Å². The summed E-state index contributed by atoms with van der Waals surface area (Å²) in [5.74, 6) is 0.493. The number of likely N-dealkylation sites (tertiary alicyclic amines) is 1. The molecule has 2 aliphatic rings. The number of fused-ring (bicyclic) bond motifs is 1.